The van der Waals surface area contributed by atoms with Gasteiger partial charge in [-0.25, -0.2) is 4.57 Å². The van der Waals surface area contributed by atoms with Crippen molar-refractivity contribution in [3.8, 4) is 22.5 Å². The normalized spacial score (nSPS) is 11.5. The predicted octanol–water partition coefficient (Wildman–Crippen LogP) is 16.0. The van der Waals surface area contributed by atoms with Crippen molar-refractivity contribution in [3.05, 3.63) is 175 Å². The molecule has 0 aliphatic carbocycles. The molecule has 4 heteroatoms. The lowest BCUT2D eigenvalue weighted by Crippen LogP contribution is -2.33. The smallest absolute Gasteiger partial charge is 0.213 e. The van der Waals surface area contributed by atoms with Crippen LogP contribution in [0.25, 0.3) is 44.2 Å². The molecule has 62 heavy (non-hydrogen) atoms. The summed E-state index contributed by atoms with van der Waals surface area (Å²) in [6.45, 7) is 32.7. The number of para-hydroxylation sites is 2. The molecule has 0 unspecified atom stereocenters. The van der Waals surface area contributed by atoms with Gasteiger partial charge >= 0.3 is 0 Å². The van der Waals surface area contributed by atoms with E-state index >= 15 is 0 Å². The fourth-order valence-corrected chi connectivity index (χ4v) is 6.65. The van der Waals surface area contributed by atoms with Gasteiger partial charge in [-0.15, -0.1) is 0 Å². The first-order chi connectivity index (χ1) is 30.2. The van der Waals surface area contributed by atoms with E-state index in [9.17, 15) is 0 Å². The highest BCUT2D eigenvalue weighted by Crippen LogP contribution is 2.27. The number of fused-ring (bicyclic) bond motifs is 2. The average molecular weight is 837 g/mol. The first-order valence-electron chi connectivity index (χ1n) is 23.4. The lowest BCUT2D eigenvalue weighted by Gasteiger charge is -2.28. The molecule has 5 aromatic carbocycles. The number of aromatic nitrogens is 2. The van der Waals surface area contributed by atoms with Gasteiger partial charge in [-0.3, -0.25) is 0 Å². The third kappa shape index (κ3) is 15.6. The molecule has 0 bridgehead atoms. The van der Waals surface area contributed by atoms with Crippen LogP contribution >= 0.6 is 0 Å². The molecule has 1 aliphatic rings. The van der Waals surface area contributed by atoms with E-state index in [2.05, 4.69) is 226 Å². The van der Waals surface area contributed by atoms with Crippen LogP contribution in [0.15, 0.2) is 158 Å². The summed E-state index contributed by atoms with van der Waals surface area (Å²) >= 11 is 0. The Bertz CT molecular complexity index is 2240. The molecular weight excluding hydrogens is 753 g/mol. The highest BCUT2D eigenvalue weighted by Gasteiger charge is 2.21. The monoisotopic (exact) mass is 837 g/mol. The molecule has 4 nitrogen and oxygen atoms in total. The minimum absolute atomic E-state index is 0.413. The summed E-state index contributed by atoms with van der Waals surface area (Å²) in [6.07, 6.45) is 6.84. The van der Waals surface area contributed by atoms with Crippen molar-refractivity contribution in [1.29, 1.82) is 0 Å². The molecule has 0 saturated carbocycles. The topological polar surface area (TPSA) is 14.2 Å². The Morgan fingerprint density at radius 2 is 0.871 bits per heavy atom. The minimum Gasteiger partial charge on any atom is -0.359 e. The molecule has 8 rings (SSSR count). The van der Waals surface area contributed by atoms with Crippen LogP contribution in [0, 0.1) is 20.8 Å². The summed E-state index contributed by atoms with van der Waals surface area (Å²) in [5.41, 5.74) is 11.6. The Morgan fingerprint density at radius 3 is 1.37 bits per heavy atom. The lowest BCUT2D eigenvalue weighted by atomic mass is 10.0. The van der Waals surface area contributed by atoms with E-state index in [1.807, 2.05) is 83.1 Å². The molecule has 1 atom stereocenters. The van der Waals surface area contributed by atoms with E-state index in [1.165, 1.54) is 66.6 Å². The van der Waals surface area contributed by atoms with Gasteiger partial charge in [-0.05, 0) is 86.2 Å². The van der Waals surface area contributed by atoms with Gasteiger partial charge in [0.2, 0.25) is 16.9 Å². The zero-order valence-electron chi connectivity index (χ0n) is 42.4. The van der Waals surface area contributed by atoms with E-state index in [1.54, 1.807) is 0 Å². The highest BCUT2D eigenvalue weighted by molar-refractivity contribution is 5.84. The molecule has 0 N–H and O–H groups in total. The number of hydrogen-bond donors (Lipinski definition) is 0. The van der Waals surface area contributed by atoms with Crippen LogP contribution in [0.4, 0.5) is 5.69 Å². The molecule has 0 fully saturated rings. The number of aryl methyl sites for hydroxylation is 5. The zero-order chi connectivity index (χ0) is 47.2. The first-order valence-corrected chi connectivity index (χ1v) is 23.4. The van der Waals surface area contributed by atoms with E-state index in [0.717, 1.165) is 0 Å². The lowest BCUT2D eigenvalue weighted by molar-refractivity contribution is -0.659. The van der Waals surface area contributed by atoms with E-state index in [0.29, 0.717) is 6.17 Å². The van der Waals surface area contributed by atoms with Crippen LogP contribution in [-0.2, 0) is 14.1 Å². The Labute approximate surface area is 380 Å². The molecule has 334 valence electrons. The number of nitrogens with zero attached hydrogens (tertiary/aromatic N) is 4. The summed E-state index contributed by atoms with van der Waals surface area (Å²) in [7, 11) is 6.33. The quantitative estimate of drug-likeness (QED) is 0.165. The van der Waals surface area contributed by atoms with Crippen molar-refractivity contribution >= 4 is 27.4 Å². The summed E-state index contributed by atoms with van der Waals surface area (Å²) in [5.74, 6) is 0. The number of anilines is 1. The van der Waals surface area contributed by atoms with Crippen molar-refractivity contribution in [3.63, 3.8) is 0 Å². The second-order valence-corrected chi connectivity index (χ2v) is 13.2. The Balaban J connectivity index is 0.000000806. The maximum atomic E-state index is 2.29. The second kappa shape index (κ2) is 32.0. The predicted molar refractivity (Wildman–Crippen MR) is 279 cm³/mol. The molecular formula is C58H84N4+2. The number of pyridine rings is 2. The fourth-order valence-electron chi connectivity index (χ4n) is 6.65. The van der Waals surface area contributed by atoms with Gasteiger partial charge in [0.25, 0.3) is 0 Å². The SMILES string of the molecule is CC.CC.CC.CC.CC.CC.Cc1ccccc1-c1cc2ccccc2c[n+]1C.Cc1ccccc1-c1ccc2ccccc2[n+]1C.Cc1ccccc1N1C=CN(C)[C@@H]1C. The van der Waals surface area contributed by atoms with Crippen molar-refractivity contribution in [2.24, 2.45) is 14.1 Å². The van der Waals surface area contributed by atoms with E-state index < -0.39 is 0 Å². The van der Waals surface area contributed by atoms with Crippen LogP contribution in [0.5, 0.6) is 0 Å². The summed E-state index contributed by atoms with van der Waals surface area (Å²) in [6, 6.07) is 49.1. The van der Waals surface area contributed by atoms with Gasteiger partial charge in [0.1, 0.15) is 20.3 Å². The minimum atomic E-state index is 0.413. The van der Waals surface area contributed by atoms with Crippen molar-refractivity contribution in [2.75, 3.05) is 11.9 Å². The first kappa shape index (κ1) is 56.3. The summed E-state index contributed by atoms with van der Waals surface area (Å²) in [5, 5.41) is 3.84. The molecule has 1 aliphatic heterocycles. The zero-order valence-corrected chi connectivity index (χ0v) is 42.4. The van der Waals surface area contributed by atoms with Crippen LogP contribution in [0.1, 0.15) is 107 Å². The standard InChI is InChI=1S/2C17H16N.C12H16N2.6C2H6/c1-13-7-3-6-10-16(13)17-11-14-8-4-5-9-15(14)12-18(17)2;1-13-7-3-5-9-15(13)17-12-11-14-8-4-6-10-16(14)18(17)2;1-10-6-4-5-7-12(10)14-9-8-13(3)11(14)2;6*1-2/h2*3-12H,1-2H3;4-9,11H,1-3H3;6*1-2H3/q2*+1;;;;;;;/t;;11-;;;;;;/m..0....../s1. The Hall–Kier alpha value is -5.74. The van der Waals surface area contributed by atoms with Crippen LogP contribution < -0.4 is 14.0 Å². The summed E-state index contributed by atoms with van der Waals surface area (Å²) < 4.78 is 4.46. The van der Waals surface area contributed by atoms with Crippen molar-refractivity contribution in [2.45, 2.75) is 117 Å². The maximum Gasteiger partial charge on any atom is 0.213 e. The number of hydrogen-bond acceptors (Lipinski definition) is 2. The Morgan fingerprint density at radius 1 is 0.435 bits per heavy atom. The molecule has 2 aromatic heterocycles. The molecule has 0 spiro atoms. The molecule has 0 radical (unpaired) electrons. The number of rotatable bonds is 3. The van der Waals surface area contributed by atoms with Crippen LogP contribution in [-0.4, -0.2) is 18.1 Å². The van der Waals surface area contributed by atoms with Gasteiger partial charge in [-0.1, -0.05) is 168 Å². The third-order valence-electron chi connectivity index (χ3n) is 9.77. The van der Waals surface area contributed by atoms with Gasteiger partial charge in [0, 0.05) is 65.2 Å². The van der Waals surface area contributed by atoms with Crippen LogP contribution in [0.2, 0.25) is 0 Å². The van der Waals surface area contributed by atoms with Gasteiger partial charge < -0.3 is 9.80 Å². The fraction of sp³-hybridized carbons (Fsp3) is 0.345. The second-order valence-electron chi connectivity index (χ2n) is 13.2. The molecule has 0 amide bonds. The number of benzene rings is 5. The average Bonchev–Trinajstić information content (AvgIpc) is 3.67. The van der Waals surface area contributed by atoms with Gasteiger partial charge in [0.15, 0.2) is 6.20 Å². The Kier molecular flexibility index (Phi) is 29.1. The van der Waals surface area contributed by atoms with Gasteiger partial charge in [0.05, 0.1) is 0 Å². The van der Waals surface area contributed by atoms with Crippen LogP contribution in [0.3, 0.4) is 0 Å². The maximum absolute atomic E-state index is 2.29. The molecule has 7 aromatic rings. The molecule has 3 heterocycles. The summed E-state index contributed by atoms with van der Waals surface area (Å²) in [4.78, 5) is 4.49. The van der Waals surface area contributed by atoms with Crippen molar-refractivity contribution < 1.29 is 9.13 Å². The van der Waals surface area contributed by atoms with Gasteiger partial charge in [-0.2, -0.15) is 4.57 Å². The van der Waals surface area contributed by atoms with E-state index in [-0.39, 0.29) is 0 Å². The van der Waals surface area contributed by atoms with E-state index in [4.69, 9.17) is 0 Å². The van der Waals surface area contributed by atoms with Crippen molar-refractivity contribution in [1.82, 2.24) is 4.90 Å². The highest BCUT2D eigenvalue weighted by atomic mass is 15.4. The largest absolute Gasteiger partial charge is 0.359 e. The third-order valence-corrected chi connectivity index (χ3v) is 9.77. The molecule has 0 saturated heterocycles.